The Hall–Kier alpha value is -6.17. The van der Waals surface area contributed by atoms with Crippen LogP contribution in [0.2, 0.25) is 0 Å². The van der Waals surface area contributed by atoms with Crippen molar-refractivity contribution in [2.24, 2.45) is 0 Å². The van der Waals surface area contributed by atoms with Crippen LogP contribution in [0.15, 0.2) is 156 Å². The van der Waals surface area contributed by atoms with Gasteiger partial charge in [-0.2, -0.15) is 0 Å². The zero-order valence-electron chi connectivity index (χ0n) is 25.6. The van der Waals surface area contributed by atoms with Gasteiger partial charge in [-0.15, -0.1) is 11.3 Å². The van der Waals surface area contributed by atoms with E-state index in [-0.39, 0.29) is 0 Å². The summed E-state index contributed by atoms with van der Waals surface area (Å²) in [5.74, 6) is 1.86. The van der Waals surface area contributed by atoms with E-state index in [2.05, 4.69) is 121 Å². The van der Waals surface area contributed by atoms with Crippen LogP contribution < -0.4 is 0 Å². The van der Waals surface area contributed by atoms with Crippen molar-refractivity contribution >= 4 is 64.2 Å². The molecule has 224 valence electrons. The average molecular weight is 632 g/mol. The fourth-order valence-corrected chi connectivity index (χ4v) is 8.12. The third kappa shape index (κ3) is 4.25. The normalized spacial score (nSPS) is 11.8. The minimum atomic E-state index is 0.609. The summed E-state index contributed by atoms with van der Waals surface area (Å²) >= 11 is 1.82. The lowest BCUT2D eigenvalue weighted by Crippen LogP contribution is -2.01. The van der Waals surface area contributed by atoms with E-state index in [1.165, 1.54) is 25.6 Å². The Kier molecular flexibility index (Phi) is 6.01. The molecule has 0 fully saturated rings. The number of rotatable bonds is 4. The van der Waals surface area contributed by atoms with Crippen LogP contribution in [-0.2, 0) is 0 Å². The van der Waals surface area contributed by atoms with Crippen molar-refractivity contribution in [1.82, 2.24) is 15.0 Å². The number of thiophene rings is 1. The first-order valence-corrected chi connectivity index (χ1v) is 16.8. The first kappa shape index (κ1) is 27.0. The predicted molar refractivity (Wildman–Crippen MR) is 199 cm³/mol. The predicted octanol–water partition coefficient (Wildman–Crippen LogP) is 12.0. The Bertz CT molecular complexity index is 2850. The van der Waals surface area contributed by atoms with E-state index in [0.717, 1.165) is 55.1 Å². The third-order valence-corrected chi connectivity index (χ3v) is 10.4. The van der Waals surface area contributed by atoms with Gasteiger partial charge in [-0.25, -0.2) is 15.0 Å². The fourth-order valence-electron chi connectivity index (χ4n) is 6.89. The molecule has 0 radical (unpaired) electrons. The molecule has 10 rings (SSSR count). The van der Waals surface area contributed by atoms with Crippen LogP contribution in [0.25, 0.3) is 98.2 Å². The third-order valence-electron chi connectivity index (χ3n) is 9.14. The molecular formula is C43H25N3OS. The van der Waals surface area contributed by atoms with Gasteiger partial charge in [0.1, 0.15) is 11.2 Å². The maximum Gasteiger partial charge on any atom is 0.165 e. The van der Waals surface area contributed by atoms with Crippen molar-refractivity contribution in [2.75, 3.05) is 0 Å². The fraction of sp³-hybridized carbons (Fsp3) is 0. The highest BCUT2D eigenvalue weighted by molar-refractivity contribution is 7.26. The van der Waals surface area contributed by atoms with Gasteiger partial charge in [0, 0.05) is 53.2 Å². The van der Waals surface area contributed by atoms with Crippen molar-refractivity contribution in [3.63, 3.8) is 0 Å². The smallest absolute Gasteiger partial charge is 0.165 e. The maximum absolute atomic E-state index is 6.45. The molecule has 5 heteroatoms. The zero-order chi connectivity index (χ0) is 31.6. The lowest BCUT2D eigenvalue weighted by atomic mass is 9.93. The number of nitrogens with zero attached hydrogens (tertiary/aromatic N) is 3. The van der Waals surface area contributed by atoms with Gasteiger partial charge < -0.3 is 4.42 Å². The van der Waals surface area contributed by atoms with Gasteiger partial charge in [0.05, 0.1) is 0 Å². The molecule has 0 aliphatic rings. The van der Waals surface area contributed by atoms with Crippen LogP contribution in [0.5, 0.6) is 0 Å². The Balaban J connectivity index is 1.32. The van der Waals surface area contributed by atoms with E-state index < -0.39 is 0 Å². The molecule has 10 aromatic rings. The summed E-state index contributed by atoms with van der Waals surface area (Å²) < 4.78 is 8.95. The first-order valence-electron chi connectivity index (χ1n) is 15.9. The van der Waals surface area contributed by atoms with E-state index >= 15 is 0 Å². The van der Waals surface area contributed by atoms with Gasteiger partial charge in [0.25, 0.3) is 0 Å². The minimum absolute atomic E-state index is 0.609. The van der Waals surface area contributed by atoms with Crippen molar-refractivity contribution in [3.8, 4) is 45.3 Å². The highest BCUT2D eigenvalue weighted by atomic mass is 32.1. The van der Waals surface area contributed by atoms with Crippen LogP contribution in [0, 0.1) is 0 Å². The molecule has 4 nitrogen and oxygen atoms in total. The molecule has 48 heavy (non-hydrogen) atoms. The van der Waals surface area contributed by atoms with Crippen molar-refractivity contribution < 1.29 is 4.42 Å². The quantitative estimate of drug-likeness (QED) is 0.194. The Morgan fingerprint density at radius 2 is 1.15 bits per heavy atom. The summed E-state index contributed by atoms with van der Waals surface area (Å²) in [7, 11) is 0. The average Bonchev–Trinajstić information content (AvgIpc) is 3.73. The minimum Gasteiger partial charge on any atom is -0.456 e. The Morgan fingerprint density at radius 3 is 2.04 bits per heavy atom. The maximum atomic E-state index is 6.45. The highest BCUT2D eigenvalue weighted by Gasteiger charge is 2.23. The molecule has 0 bridgehead atoms. The van der Waals surface area contributed by atoms with E-state index in [1.807, 2.05) is 41.7 Å². The van der Waals surface area contributed by atoms with Gasteiger partial charge in [0.15, 0.2) is 17.5 Å². The number of para-hydroxylation sites is 1. The number of benzene rings is 7. The molecule has 7 aromatic carbocycles. The van der Waals surface area contributed by atoms with Crippen LogP contribution in [0.1, 0.15) is 0 Å². The number of hydrogen-bond acceptors (Lipinski definition) is 5. The second-order valence-electron chi connectivity index (χ2n) is 12.0. The standard InChI is InChI=1S/C43H25N3OS/c1-2-12-27(13-3-1)41-44-42(29-22-21-26-11-4-5-14-28(26)25-29)46-43(45-41)39-31(23-24-36-38(39)34-16-6-8-19-35(34)47-36)33-18-10-17-32-30-15-7-9-20-37(30)48-40(32)33/h1-25H. The SMILES string of the molecule is c1ccc(-c2nc(-c3ccc4ccccc4c3)nc(-c3c(-c4cccc5c4sc4ccccc45)ccc4oc5ccccc5c34)n2)cc1. The molecule has 0 aliphatic heterocycles. The highest BCUT2D eigenvalue weighted by Crippen LogP contribution is 2.46. The van der Waals surface area contributed by atoms with E-state index in [1.54, 1.807) is 0 Å². The molecule has 3 aromatic heterocycles. The van der Waals surface area contributed by atoms with Crippen molar-refractivity contribution in [3.05, 3.63) is 152 Å². The van der Waals surface area contributed by atoms with Gasteiger partial charge in [-0.1, -0.05) is 121 Å². The van der Waals surface area contributed by atoms with Crippen molar-refractivity contribution in [1.29, 1.82) is 0 Å². The molecule has 0 saturated carbocycles. The monoisotopic (exact) mass is 631 g/mol. The molecule has 0 unspecified atom stereocenters. The van der Waals surface area contributed by atoms with Gasteiger partial charge >= 0.3 is 0 Å². The molecule has 0 amide bonds. The lowest BCUT2D eigenvalue weighted by Gasteiger charge is -2.14. The number of furan rings is 1. The van der Waals surface area contributed by atoms with Gasteiger partial charge in [-0.05, 0) is 46.7 Å². The Labute approximate surface area is 279 Å². The molecule has 3 heterocycles. The lowest BCUT2D eigenvalue weighted by molar-refractivity contribution is 0.669. The summed E-state index contributed by atoms with van der Waals surface area (Å²) in [5.41, 5.74) is 6.63. The first-order chi connectivity index (χ1) is 23.8. The van der Waals surface area contributed by atoms with Gasteiger partial charge in [-0.3, -0.25) is 0 Å². The van der Waals surface area contributed by atoms with Gasteiger partial charge in [0.2, 0.25) is 0 Å². The summed E-state index contributed by atoms with van der Waals surface area (Å²) in [6, 6.07) is 52.6. The Morgan fingerprint density at radius 1 is 0.438 bits per heavy atom. The summed E-state index contributed by atoms with van der Waals surface area (Å²) in [6.07, 6.45) is 0. The van der Waals surface area contributed by atoms with E-state index in [4.69, 9.17) is 19.4 Å². The van der Waals surface area contributed by atoms with Crippen LogP contribution in [-0.4, -0.2) is 15.0 Å². The second kappa shape index (κ2) is 10.7. The topological polar surface area (TPSA) is 51.8 Å². The number of hydrogen-bond donors (Lipinski definition) is 0. The van der Waals surface area contributed by atoms with E-state index in [9.17, 15) is 0 Å². The molecule has 0 spiro atoms. The second-order valence-corrected chi connectivity index (χ2v) is 13.0. The molecule has 0 atom stereocenters. The van der Waals surface area contributed by atoms with Crippen LogP contribution in [0.4, 0.5) is 0 Å². The molecule has 0 aliphatic carbocycles. The summed E-state index contributed by atoms with van der Waals surface area (Å²) in [5, 5.41) is 6.85. The van der Waals surface area contributed by atoms with Crippen LogP contribution in [0.3, 0.4) is 0 Å². The molecule has 0 saturated heterocycles. The zero-order valence-corrected chi connectivity index (χ0v) is 26.4. The summed E-state index contributed by atoms with van der Waals surface area (Å²) in [6.45, 7) is 0. The largest absolute Gasteiger partial charge is 0.456 e. The van der Waals surface area contributed by atoms with E-state index in [0.29, 0.717) is 17.5 Å². The van der Waals surface area contributed by atoms with Crippen molar-refractivity contribution in [2.45, 2.75) is 0 Å². The molecule has 0 N–H and O–H groups in total. The summed E-state index contributed by atoms with van der Waals surface area (Å²) in [4.78, 5) is 15.6. The molecular weight excluding hydrogens is 607 g/mol. The number of aromatic nitrogens is 3. The van der Waals surface area contributed by atoms with Crippen LogP contribution >= 0.6 is 11.3 Å². The number of fused-ring (bicyclic) bond motifs is 7.